The van der Waals surface area contributed by atoms with Crippen LogP contribution in [0.3, 0.4) is 0 Å². The van der Waals surface area contributed by atoms with Crippen molar-refractivity contribution in [2.24, 2.45) is 0 Å². The van der Waals surface area contributed by atoms with Gasteiger partial charge in [-0.3, -0.25) is 0 Å². The summed E-state index contributed by atoms with van der Waals surface area (Å²) in [6, 6.07) is 9.25. The Kier molecular flexibility index (Phi) is 4.82. The zero-order chi connectivity index (χ0) is 19.7. The lowest BCUT2D eigenvalue weighted by atomic mass is 10.0. The van der Waals surface area contributed by atoms with Gasteiger partial charge in [0.1, 0.15) is 22.2 Å². The van der Waals surface area contributed by atoms with Crippen LogP contribution in [0.4, 0.5) is 4.39 Å². The summed E-state index contributed by atoms with van der Waals surface area (Å²) in [6.45, 7) is 2.62. The maximum atomic E-state index is 13.0. The molecule has 10 heteroatoms. The number of hydrogen-bond donors (Lipinski definition) is 0. The first-order valence-electron chi connectivity index (χ1n) is 8.66. The molecule has 1 saturated heterocycles. The molecule has 4 rings (SSSR count). The second-order valence-electron chi connectivity index (χ2n) is 6.22. The van der Waals surface area contributed by atoms with E-state index in [1.54, 1.807) is 25.1 Å². The molecule has 146 valence electrons. The Morgan fingerprint density at radius 2 is 2.04 bits per heavy atom. The molecule has 8 nitrogen and oxygen atoms in total. The Labute approximate surface area is 161 Å². The predicted octanol–water partition coefficient (Wildman–Crippen LogP) is 2.46. The van der Waals surface area contributed by atoms with E-state index in [1.807, 2.05) is 0 Å². The van der Waals surface area contributed by atoms with Crippen LogP contribution >= 0.6 is 0 Å². The fourth-order valence-electron chi connectivity index (χ4n) is 2.88. The molecule has 3 aromatic rings. The number of halogens is 1. The van der Waals surface area contributed by atoms with E-state index in [-0.39, 0.29) is 29.7 Å². The molecule has 0 amide bonds. The van der Waals surface area contributed by atoms with Crippen molar-refractivity contribution in [3.05, 3.63) is 54.3 Å². The summed E-state index contributed by atoms with van der Waals surface area (Å²) in [6.07, 6.45) is 1.07. The van der Waals surface area contributed by atoms with Crippen molar-refractivity contribution in [3.8, 4) is 17.3 Å². The molecule has 1 fully saturated rings. The van der Waals surface area contributed by atoms with Crippen molar-refractivity contribution < 1.29 is 22.1 Å². The van der Waals surface area contributed by atoms with E-state index in [0.29, 0.717) is 23.9 Å². The summed E-state index contributed by atoms with van der Waals surface area (Å²) in [5, 5.41) is 3.84. The van der Waals surface area contributed by atoms with Crippen LogP contribution in [0.5, 0.6) is 5.75 Å². The number of ether oxygens (including phenoxy) is 1. The number of benzene rings is 1. The quantitative estimate of drug-likeness (QED) is 0.622. The molecular formula is C18H17FN4O4S. The summed E-state index contributed by atoms with van der Waals surface area (Å²) in [5.74, 6) is 0.218. The van der Waals surface area contributed by atoms with Crippen molar-refractivity contribution in [1.29, 1.82) is 0 Å². The number of hydrogen-bond acceptors (Lipinski definition) is 7. The Bertz CT molecular complexity index is 1080. The van der Waals surface area contributed by atoms with Crippen LogP contribution in [-0.2, 0) is 10.0 Å². The Morgan fingerprint density at radius 3 is 2.75 bits per heavy atom. The third kappa shape index (κ3) is 3.36. The second-order valence-corrected chi connectivity index (χ2v) is 8.12. The van der Waals surface area contributed by atoms with Gasteiger partial charge in [0.25, 0.3) is 0 Å². The van der Waals surface area contributed by atoms with E-state index in [2.05, 4.69) is 15.1 Å². The maximum absolute atomic E-state index is 13.0. The van der Waals surface area contributed by atoms with Gasteiger partial charge in [-0.25, -0.2) is 17.8 Å². The first-order chi connectivity index (χ1) is 13.5. The molecule has 0 aliphatic carbocycles. The molecular weight excluding hydrogens is 387 g/mol. The molecule has 0 bridgehead atoms. The Hall–Kier alpha value is -2.85. The molecule has 0 radical (unpaired) electrons. The molecule has 0 saturated carbocycles. The normalized spacial score (nSPS) is 15.4. The van der Waals surface area contributed by atoms with E-state index >= 15 is 0 Å². The van der Waals surface area contributed by atoms with Crippen molar-refractivity contribution in [2.45, 2.75) is 17.7 Å². The molecule has 1 aromatic carbocycles. The van der Waals surface area contributed by atoms with Gasteiger partial charge in [0.05, 0.1) is 18.7 Å². The van der Waals surface area contributed by atoms with E-state index in [4.69, 9.17) is 9.26 Å². The van der Waals surface area contributed by atoms with Crippen LogP contribution in [0.1, 0.15) is 18.7 Å². The highest BCUT2D eigenvalue weighted by Crippen LogP contribution is 2.34. The third-order valence-electron chi connectivity index (χ3n) is 4.36. The van der Waals surface area contributed by atoms with Gasteiger partial charge in [0.2, 0.25) is 21.7 Å². The van der Waals surface area contributed by atoms with E-state index in [1.165, 1.54) is 22.5 Å². The maximum Gasteiger partial charge on any atom is 0.246 e. The van der Waals surface area contributed by atoms with Gasteiger partial charge in [-0.2, -0.15) is 9.29 Å². The lowest BCUT2D eigenvalue weighted by molar-refractivity contribution is 0.216. The van der Waals surface area contributed by atoms with Gasteiger partial charge in [0.15, 0.2) is 0 Å². The van der Waals surface area contributed by atoms with Crippen LogP contribution in [-0.4, -0.2) is 47.5 Å². The standard InChI is InChI=1S/C18H17FN4O4S/c1-2-26-15-5-3-4-6-16(15)28(24,25)23-10-12(11-23)18-21-17(22-27-18)14-8-7-13(19)9-20-14/h3-9,12H,2,10-11H2,1H3. The Morgan fingerprint density at radius 1 is 1.25 bits per heavy atom. The van der Waals surface area contributed by atoms with Crippen molar-refractivity contribution >= 4 is 10.0 Å². The highest BCUT2D eigenvalue weighted by molar-refractivity contribution is 7.89. The molecule has 0 atom stereocenters. The minimum absolute atomic E-state index is 0.136. The number of sulfonamides is 1. The van der Waals surface area contributed by atoms with Gasteiger partial charge >= 0.3 is 0 Å². The SMILES string of the molecule is CCOc1ccccc1S(=O)(=O)N1CC(c2nc(-c3ccc(F)cn3)no2)C1. The van der Waals surface area contributed by atoms with Crippen LogP contribution in [0.15, 0.2) is 52.0 Å². The number of aromatic nitrogens is 3. The predicted molar refractivity (Wildman–Crippen MR) is 96.6 cm³/mol. The van der Waals surface area contributed by atoms with Crippen molar-refractivity contribution in [3.63, 3.8) is 0 Å². The molecule has 0 spiro atoms. The first kappa shape index (κ1) is 18.5. The van der Waals surface area contributed by atoms with E-state index < -0.39 is 15.8 Å². The van der Waals surface area contributed by atoms with Gasteiger partial charge in [0, 0.05) is 13.1 Å². The molecule has 1 aliphatic heterocycles. The monoisotopic (exact) mass is 404 g/mol. The summed E-state index contributed by atoms with van der Waals surface area (Å²) >= 11 is 0. The lowest BCUT2D eigenvalue weighted by Gasteiger charge is -2.36. The number of pyridine rings is 1. The summed E-state index contributed by atoms with van der Waals surface area (Å²) < 4.78 is 50.7. The molecule has 1 aliphatic rings. The van der Waals surface area contributed by atoms with Crippen LogP contribution in [0.25, 0.3) is 11.5 Å². The molecule has 0 N–H and O–H groups in total. The zero-order valence-corrected chi connectivity index (χ0v) is 15.8. The average molecular weight is 404 g/mol. The summed E-state index contributed by atoms with van der Waals surface area (Å²) in [7, 11) is -3.68. The number of para-hydroxylation sites is 1. The minimum atomic E-state index is -3.68. The molecule has 3 heterocycles. The fourth-order valence-corrected chi connectivity index (χ4v) is 4.54. The number of nitrogens with zero attached hydrogens (tertiary/aromatic N) is 4. The van der Waals surface area contributed by atoms with Crippen molar-refractivity contribution in [2.75, 3.05) is 19.7 Å². The highest BCUT2D eigenvalue weighted by atomic mass is 32.2. The largest absolute Gasteiger partial charge is 0.492 e. The van der Waals surface area contributed by atoms with Crippen LogP contribution in [0, 0.1) is 5.82 Å². The van der Waals surface area contributed by atoms with Gasteiger partial charge in [-0.05, 0) is 31.2 Å². The van der Waals surface area contributed by atoms with E-state index in [9.17, 15) is 12.8 Å². The summed E-state index contributed by atoms with van der Waals surface area (Å²) in [4.78, 5) is 8.30. The van der Waals surface area contributed by atoms with Gasteiger partial charge in [-0.15, -0.1) is 0 Å². The van der Waals surface area contributed by atoms with Crippen molar-refractivity contribution in [1.82, 2.24) is 19.4 Å². The molecule has 0 unspecified atom stereocenters. The second kappa shape index (κ2) is 7.28. The Balaban J connectivity index is 1.48. The number of rotatable bonds is 6. The smallest absolute Gasteiger partial charge is 0.246 e. The molecule has 28 heavy (non-hydrogen) atoms. The summed E-state index contributed by atoms with van der Waals surface area (Å²) in [5.41, 5.74) is 0.380. The molecule has 2 aromatic heterocycles. The third-order valence-corrected chi connectivity index (χ3v) is 6.23. The van der Waals surface area contributed by atoms with Gasteiger partial charge < -0.3 is 9.26 Å². The minimum Gasteiger partial charge on any atom is -0.492 e. The van der Waals surface area contributed by atoms with E-state index in [0.717, 1.165) is 6.20 Å². The van der Waals surface area contributed by atoms with Gasteiger partial charge in [-0.1, -0.05) is 17.3 Å². The lowest BCUT2D eigenvalue weighted by Crippen LogP contribution is -2.48. The topological polar surface area (TPSA) is 98.4 Å². The first-order valence-corrected chi connectivity index (χ1v) is 10.1. The zero-order valence-electron chi connectivity index (χ0n) is 14.9. The fraction of sp³-hybridized carbons (Fsp3) is 0.278. The van der Waals surface area contributed by atoms with Crippen LogP contribution < -0.4 is 4.74 Å². The van der Waals surface area contributed by atoms with Crippen LogP contribution in [0.2, 0.25) is 0 Å². The highest BCUT2D eigenvalue weighted by Gasteiger charge is 2.41. The average Bonchev–Trinajstić information content (AvgIpc) is 3.11.